The number of benzene rings is 3. The molecule has 13 heteroatoms. The van der Waals surface area contributed by atoms with Crippen molar-refractivity contribution in [3.8, 4) is 5.75 Å². The molecule has 0 unspecified atom stereocenters. The Labute approximate surface area is 183 Å². The number of carbonyl (C=O) groups excluding carboxylic acids is 1. The highest BCUT2D eigenvalue weighted by molar-refractivity contribution is 7.94. The van der Waals surface area contributed by atoms with Gasteiger partial charge < -0.3 is 10.4 Å². The highest BCUT2D eigenvalue weighted by Gasteiger charge is 2.19. The summed E-state index contributed by atoms with van der Waals surface area (Å²) in [6.07, 6.45) is 0. The van der Waals surface area contributed by atoms with Gasteiger partial charge in [-0.15, -0.1) is 4.33 Å². The zero-order valence-corrected chi connectivity index (χ0v) is 17.6. The van der Waals surface area contributed by atoms with Gasteiger partial charge in [-0.1, -0.05) is 34.3 Å². The molecular weight excluding hydrogens is 481 g/mol. The van der Waals surface area contributed by atoms with E-state index in [9.17, 15) is 22.9 Å². The van der Waals surface area contributed by atoms with Crippen LogP contribution in [0.1, 0.15) is 10.4 Å². The smallest absolute Gasteiger partial charge is 0.294 e. The second-order valence-electron chi connectivity index (χ2n) is 5.77. The van der Waals surface area contributed by atoms with Crippen LogP contribution in [-0.4, -0.2) is 29.2 Å². The zero-order chi connectivity index (χ0) is 22.1. The van der Waals surface area contributed by atoms with Crippen molar-refractivity contribution in [1.82, 2.24) is 0 Å². The van der Waals surface area contributed by atoms with Crippen molar-refractivity contribution >= 4 is 67.7 Å². The molecule has 0 radical (unpaired) electrons. The van der Waals surface area contributed by atoms with Gasteiger partial charge >= 0.3 is 0 Å². The van der Waals surface area contributed by atoms with Crippen molar-refractivity contribution in [3.63, 3.8) is 0 Å². The number of amides is 1. The molecule has 0 saturated heterocycles. The number of hydrogen-bond donors (Lipinski definition) is 4. The van der Waals surface area contributed by atoms with E-state index in [1.54, 1.807) is 0 Å². The van der Waals surface area contributed by atoms with Crippen LogP contribution in [0.3, 0.4) is 0 Å². The van der Waals surface area contributed by atoms with Crippen LogP contribution in [0.2, 0.25) is 10.0 Å². The van der Waals surface area contributed by atoms with Crippen molar-refractivity contribution < 1.29 is 37.5 Å². The first kappa shape index (κ1) is 22.6. The second kappa shape index (κ2) is 8.96. The maximum Gasteiger partial charge on any atom is 0.294 e. The number of halogens is 2. The fourth-order valence-corrected chi connectivity index (χ4v) is 4.03. The first-order chi connectivity index (χ1) is 14.1. The summed E-state index contributed by atoms with van der Waals surface area (Å²) in [5.74, 6) is -1.19. The highest BCUT2D eigenvalue weighted by atomic mass is 35.5. The van der Waals surface area contributed by atoms with Crippen molar-refractivity contribution in [2.45, 2.75) is 9.79 Å². The van der Waals surface area contributed by atoms with Crippen LogP contribution >= 0.6 is 35.2 Å². The van der Waals surface area contributed by atoms with E-state index in [4.69, 9.17) is 28.5 Å². The van der Waals surface area contributed by atoms with Gasteiger partial charge in [0.15, 0.2) is 0 Å². The van der Waals surface area contributed by atoms with Crippen LogP contribution in [-0.2, 0) is 19.5 Å². The van der Waals surface area contributed by atoms with E-state index in [2.05, 4.69) is 14.7 Å². The third-order valence-electron chi connectivity index (χ3n) is 3.88. The van der Waals surface area contributed by atoms with Crippen LogP contribution in [0.5, 0.6) is 5.75 Å². The number of anilines is 1. The van der Waals surface area contributed by atoms with E-state index in [-0.39, 0.29) is 37.0 Å². The van der Waals surface area contributed by atoms with E-state index in [0.717, 1.165) is 12.1 Å². The predicted molar refractivity (Wildman–Crippen MR) is 110 cm³/mol. The van der Waals surface area contributed by atoms with Crippen LogP contribution in [0, 0.1) is 0 Å². The Morgan fingerprint density at radius 1 is 1.13 bits per heavy atom. The molecule has 3 aromatic rings. The Bertz CT molecular complexity index is 1250. The lowest BCUT2D eigenvalue weighted by atomic mass is 10.1. The molecule has 9 nitrogen and oxygen atoms in total. The molecule has 0 aliphatic carbocycles. The van der Waals surface area contributed by atoms with Gasteiger partial charge in [-0.25, -0.2) is 5.26 Å². The number of carbonyl (C=O) groups is 1. The summed E-state index contributed by atoms with van der Waals surface area (Å²) in [7, 11) is -4.62. The van der Waals surface area contributed by atoms with Gasteiger partial charge in [0.25, 0.3) is 16.0 Å². The van der Waals surface area contributed by atoms with Gasteiger partial charge in [0.2, 0.25) is 0 Å². The molecule has 30 heavy (non-hydrogen) atoms. The Morgan fingerprint density at radius 2 is 1.87 bits per heavy atom. The monoisotopic (exact) mass is 491 g/mol. The SMILES string of the molecule is O=C(Nc1cc(SOOO)cc2cc(S(=O)(=O)O)cc(O)c12)c1cccc(Cl)c1Cl. The summed E-state index contributed by atoms with van der Waals surface area (Å²) in [4.78, 5) is 12.4. The Kier molecular flexibility index (Phi) is 6.75. The minimum atomic E-state index is -4.62. The lowest BCUT2D eigenvalue weighted by Crippen LogP contribution is -2.13. The molecular formula is C17H11Cl2NO8S2. The lowest BCUT2D eigenvalue weighted by molar-refractivity contribution is -0.432. The Hall–Kier alpha value is -2.09. The average Bonchev–Trinajstić information content (AvgIpc) is 2.67. The van der Waals surface area contributed by atoms with E-state index >= 15 is 0 Å². The molecule has 3 rings (SSSR count). The molecule has 0 bridgehead atoms. The predicted octanol–water partition coefficient (Wildman–Crippen LogP) is 4.78. The third kappa shape index (κ3) is 4.79. The maximum atomic E-state index is 12.7. The number of phenols is 1. The van der Waals surface area contributed by atoms with Crippen molar-refractivity contribution in [2.75, 3.05) is 5.32 Å². The van der Waals surface area contributed by atoms with Gasteiger partial charge in [0.05, 0.1) is 38.2 Å². The highest BCUT2D eigenvalue weighted by Crippen LogP contribution is 2.38. The third-order valence-corrected chi connectivity index (χ3v) is 6.09. The lowest BCUT2D eigenvalue weighted by Gasteiger charge is -2.14. The van der Waals surface area contributed by atoms with E-state index in [1.807, 2.05) is 0 Å². The van der Waals surface area contributed by atoms with E-state index < -0.39 is 26.7 Å². The summed E-state index contributed by atoms with van der Waals surface area (Å²) in [5.41, 5.74) is 0.108. The molecule has 0 aliphatic heterocycles. The van der Waals surface area contributed by atoms with Gasteiger partial charge in [-0.2, -0.15) is 8.42 Å². The van der Waals surface area contributed by atoms with Gasteiger partial charge in [-0.3, -0.25) is 9.35 Å². The van der Waals surface area contributed by atoms with Crippen molar-refractivity contribution in [1.29, 1.82) is 0 Å². The topological polar surface area (TPSA) is 142 Å². The number of hydrogen-bond acceptors (Lipinski definition) is 8. The fraction of sp³-hybridized carbons (Fsp3) is 0. The second-order valence-corrected chi connectivity index (χ2v) is 8.75. The van der Waals surface area contributed by atoms with Crippen molar-refractivity contribution in [3.05, 3.63) is 58.1 Å². The number of aromatic hydroxyl groups is 1. The van der Waals surface area contributed by atoms with E-state index in [1.165, 1.54) is 30.3 Å². The average molecular weight is 492 g/mol. The zero-order valence-electron chi connectivity index (χ0n) is 14.5. The minimum absolute atomic E-state index is 0.0152. The van der Waals surface area contributed by atoms with Crippen LogP contribution in [0.15, 0.2) is 52.3 Å². The molecule has 0 heterocycles. The van der Waals surface area contributed by atoms with Crippen molar-refractivity contribution in [2.24, 2.45) is 0 Å². The van der Waals surface area contributed by atoms with E-state index in [0.29, 0.717) is 12.0 Å². The minimum Gasteiger partial charge on any atom is -0.507 e. The molecule has 0 aliphatic rings. The molecule has 0 fully saturated rings. The van der Waals surface area contributed by atoms with Gasteiger partial charge in [0, 0.05) is 16.3 Å². The summed E-state index contributed by atoms with van der Waals surface area (Å²) in [6, 6.07) is 9.11. The summed E-state index contributed by atoms with van der Waals surface area (Å²) in [5, 5.41) is 25.2. The standard InChI is InChI=1S/C17H11Cl2NO8S2/c18-12-3-1-2-11(16(12)19)17(22)20-13-6-9(29-28-27-23)4-8-5-10(30(24,25)26)7-14(21)15(8)13/h1-7,21,23H,(H,20,22)(H,24,25,26). The van der Waals surface area contributed by atoms with Gasteiger partial charge in [0.1, 0.15) is 5.75 Å². The summed E-state index contributed by atoms with van der Waals surface area (Å²) >= 11 is 12.5. The van der Waals surface area contributed by atoms with Gasteiger partial charge in [-0.05, 0) is 35.7 Å². The largest absolute Gasteiger partial charge is 0.507 e. The maximum absolute atomic E-state index is 12.7. The molecule has 4 N–H and O–H groups in total. The molecule has 3 aromatic carbocycles. The number of rotatable bonds is 6. The van der Waals surface area contributed by atoms with Crippen LogP contribution in [0.25, 0.3) is 10.8 Å². The molecule has 158 valence electrons. The summed E-state index contributed by atoms with van der Waals surface area (Å²) in [6.45, 7) is 0. The number of nitrogens with one attached hydrogen (secondary N) is 1. The quantitative estimate of drug-likeness (QED) is 0.165. The number of fused-ring (bicyclic) bond motifs is 1. The molecule has 0 atom stereocenters. The molecule has 0 spiro atoms. The molecule has 1 amide bonds. The molecule has 0 saturated carbocycles. The normalized spacial score (nSPS) is 11.6. The summed E-state index contributed by atoms with van der Waals surface area (Å²) < 4.78 is 36.6. The van der Waals surface area contributed by atoms with Crippen LogP contribution < -0.4 is 5.32 Å². The first-order valence-corrected chi connectivity index (χ1v) is 10.7. The number of phenolic OH excluding ortho intramolecular Hbond substituents is 1. The van der Waals surface area contributed by atoms with Crippen LogP contribution in [0.4, 0.5) is 5.69 Å². The fourth-order valence-electron chi connectivity index (χ4n) is 2.66. The Morgan fingerprint density at radius 3 is 2.53 bits per heavy atom. The Balaban J connectivity index is 2.16. The first-order valence-electron chi connectivity index (χ1n) is 7.80. The molecule has 0 aromatic heterocycles.